The lowest BCUT2D eigenvalue weighted by Gasteiger charge is -1.96. The first kappa shape index (κ1) is 10.6. The van der Waals surface area contributed by atoms with Crippen LogP contribution in [-0.2, 0) is 0 Å². The summed E-state index contributed by atoms with van der Waals surface area (Å²) in [5.74, 6) is 0. The minimum absolute atomic E-state index is 1.05. The van der Waals surface area contributed by atoms with Gasteiger partial charge in [0.1, 0.15) is 5.01 Å². The Labute approximate surface area is 114 Å². The maximum atomic E-state index is 4.80. The standard InChI is InChI=1S/C16H10N2S/c1-2-4-13-11(3-1)5-6-14-15(13)18-16(19-14)12-7-9-17-10-8-12/h1-10H. The highest BCUT2D eigenvalue weighted by Gasteiger charge is 2.08. The van der Waals surface area contributed by atoms with Crippen molar-refractivity contribution in [1.29, 1.82) is 0 Å². The lowest BCUT2D eigenvalue weighted by molar-refractivity contribution is 1.32. The van der Waals surface area contributed by atoms with Gasteiger partial charge in [-0.05, 0) is 23.6 Å². The quantitative estimate of drug-likeness (QED) is 0.504. The molecule has 2 heterocycles. The summed E-state index contributed by atoms with van der Waals surface area (Å²) in [6, 6.07) is 16.7. The van der Waals surface area contributed by atoms with E-state index in [1.54, 1.807) is 23.7 Å². The van der Waals surface area contributed by atoms with Crippen LogP contribution in [0.3, 0.4) is 0 Å². The summed E-state index contributed by atoms with van der Waals surface area (Å²) >= 11 is 1.73. The number of rotatable bonds is 1. The number of benzene rings is 2. The number of hydrogen-bond donors (Lipinski definition) is 0. The maximum absolute atomic E-state index is 4.80. The fourth-order valence-corrected chi connectivity index (χ4v) is 3.27. The third-order valence-electron chi connectivity index (χ3n) is 3.21. The summed E-state index contributed by atoms with van der Waals surface area (Å²) in [7, 11) is 0. The molecule has 0 N–H and O–H groups in total. The Bertz CT molecular complexity index is 866. The average Bonchev–Trinajstić information content (AvgIpc) is 2.93. The topological polar surface area (TPSA) is 25.8 Å². The van der Waals surface area contributed by atoms with E-state index in [1.807, 2.05) is 12.1 Å². The van der Waals surface area contributed by atoms with E-state index in [9.17, 15) is 0 Å². The Morgan fingerprint density at radius 3 is 2.58 bits per heavy atom. The molecule has 2 aromatic carbocycles. The molecule has 90 valence electrons. The molecule has 0 aliphatic heterocycles. The molecule has 0 saturated carbocycles. The van der Waals surface area contributed by atoms with Crippen molar-refractivity contribution in [2.45, 2.75) is 0 Å². The van der Waals surface area contributed by atoms with Crippen LogP contribution in [0.25, 0.3) is 31.6 Å². The molecule has 0 atom stereocenters. The van der Waals surface area contributed by atoms with Gasteiger partial charge in [-0.2, -0.15) is 0 Å². The summed E-state index contributed by atoms with van der Waals surface area (Å²) < 4.78 is 1.23. The summed E-state index contributed by atoms with van der Waals surface area (Å²) in [5.41, 5.74) is 2.22. The molecule has 2 aromatic heterocycles. The van der Waals surface area contributed by atoms with E-state index in [0.29, 0.717) is 0 Å². The zero-order chi connectivity index (χ0) is 12.7. The summed E-state index contributed by atoms with van der Waals surface area (Å²) in [5, 5.41) is 3.51. The Morgan fingerprint density at radius 2 is 1.68 bits per heavy atom. The van der Waals surface area contributed by atoms with Crippen molar-refractivity contribution in [2.75, 3.05) is 0 Å². The van der Waals surface area contributed by atoms with Gasteiger partial charge in [-0.3, -0.25) is 4.98 Å². The van der Waals surface area contributed by atoms with Gasteiger partial charge in [0.05, 0.1) is 10.2 Å². The molecule has 0 fully saturated rings. The van der Waals surface area contributed by atoms with Crippen molar-refractivity contribution in [2.24, 2.45) is 0 Å². The van der Waals surface area contributed by atoms with Crippen molar-refractivity contribution < 1.29 is 0 Å². The van der Waals surface area contributed by atoms with E-state index < -0.39 is 0 Å². The van der Waals surface area contributed by atoms with Crippen LogP contribution < -0.4 is 0 Å². The molecule has 0 bridgehead atoms. The normalized spacial score (nSPS) is 11.2. The van der Waals surface area contributed by atoms with Gasteiger partial charge in [-0.1, -0.05) is 30.3 Å². The second kappa shape index (κ2) is 4.14. The van der Waals surface area contributed by atoms with Gasteiger partial charge in [-0.15, -0.1) is 11.3 Å². The first-order valence-electron chi connectivity index (χ1n) is 6.10. The van der Waals surface area contributed by atoms with Crippen LogP contribution in [0.15, 0.2) is 60.9 Å². The van der Waals surface area contributed by atoms with Gasteiger partial charge in [0, 0.05) is 23.3 Å². The molecule has 19 heavy (non-hydrogen) atoms. The number of aromatic nitrogens is 2. The van der Waals surface area contributed by atoms with Gasteiger partial charge in [-0.25, -0.2) is 4.98 Å². The van der Waals surface area contributed by atoms with E-state index in [0.717, 1.165) is 16.1 Å². The van der Waals surface area contributed by atoms with Crippen LogP contribution in [0, 0.1) is 0 Å². The van der Waals surface area contributed by atoms with Crippen LogP contribution in [-0.4, -0.2) is 9.97 Å². The van der Waals surface area contributed by atoms with E-state index in [2.05, 4.69) is 41.4 Å². The second-order valence-electron chi connectivity index (χ2n) is 4.39. The third-order valence-corrected chi connectivity index (χ3v) is 4.28. The molecule has 0 amide bonds. The molecule has 0 saturated heterocycles. The number of pyridine rings is 1. The SMILES string of the molecule is c1ccc2c(c1)ccc1sc(-c3ccncc3)nc12. The summed E-state index contributed by atoms with van der Waals surface area (Å²) in [6.45, 7) is 0. The summed E-state index contributed by atoms with van der Waals surface area (Å²) in [6.07, 6.45) is 3.61. The molecule has 0 unspecified atom stereocenters. The van der Waals surface area contributed by atoms with Gasteiger partial charge in [0.25, 0.3) is 0 Å². The van der Waals surface area contributed by atoms with Crippen molar-refractivity contribution in [3.63, 3.8) is 0 Å². The Morgan fingerprint density at radius 1 is 0.842 bits per heavy atom. The third kappa shape index (κ3) is 1.71. The maximum Gasteiger partial charge on any atom is 0.124 e. The first-order valence-corrected chi connectivity index (χ1v) is 6.92. The molecular weight excluding hydrogens is 252 g/mol. The highest BCUT2D eigenvalue weighted by Crippen LogP contribution is 2.33. The lowest BCUT2D eigenvalue weighted by atomic mass is 10.1. The van der Waals surface area contributed by atoms with Crippen LogP contribution >= 0.6 is 11.3 Å². The highest BCUT2D eigenvalue weighted by atomic mass is 32.1. The highest BCUT2D eigenvalue weighted by molar-refractivity contribution is 7.21. The smallest absolute Gasteiger partial charge is 0.124 e. The van der Waals surface area contributed by atoms with E-state index in [4.69, 9.17) is 4.98 Å². The molecule has 0 spiro atoms. The molecule has 0 aliphatic rings. The van der Waals surface area contributed by atoms with E-state index in [1.165, 1.54) is 15.5 Å². The lowest BCUT2D eigenvalue weighted by Crippen LogP contribution is -1.77. The number of thiazole rings is 1. The van der Waals surface area contributed by atoms with Crippen molar-refractivity contribution in [1.82, 2.24) is 9.97 Å². The predicted molar refractivity (Wildman–Crippen MR) is 80.4 cm³/mol. The minimum Gasteiger partial charge on any atom is -0.265 e. The molecule has 0 aliphatic carbocycles. The van der Waals surface area contributed by atoms with Crippen LogP contribution in [0.5, 0.6) is 0 Å². The number of nitrogens with zero attached hydrogens (tertiary/aromatic N) is 2. The van der Waals surface area contributed by atoms with Crippen molar-refractivity contribution >= 4 is 32.3 Å². The molecule has 2 nitrogen and oxygen atoms in total. The zero-order valence-electron chi connectivity index (χ0n) is 10.1. The van der Waals surface area contributed by atoms with Gasteiger partial charge < -0.3 is 0 Å². The Kier molecular flexibility index (Phi) is 2.32. The van der Waals surface area contributed by atoms with Crippen LogP contribution in [0.1, 0.15) is 0 Å². The Hall–Kier alpha value is -2.26. The molecular formula is C16H10N2S. The first-order chi connectivity index (χ1) is 9.42. The van der Waals surface area contributed by atoms with Crippen molar-refractivity contribution in [3.8, 4) is 10.6 Å². The van der Waals surface area contributed by atoms with Crippen LogP contribution in [0.2, 0.25) is 0 Å². The number of hydrogen-bond acceptors (Lipinski definition) is 3. The molecule has 4 rings (SSSR count). The molecule has 3 heteroatoms. The fourth-order valence-electron chi connectivity index (χ4n) is 2.28. The summed E-state index contributed by atoms with van der Waals surface area (Å²) in [4.78, 5) is 8.85. The second-order valence-corrected chi connectivity index (χ2v) is 5.42. The Balaban J connectivity index is 2.04. The molecule has 4 aromatic rings. The monoisotopic (exact) mass is 262 g/mol. The zero-order valence-corrected chi connectivity index (χ0v) is 10.9. The largest absolute Gasteiger partial charge is 0.265 e. The molecule has 0 radical (unpaired) electrons. The van der Waals surface area contributed by atoms with Crippen molar-refractivity contribution in [3.05, 3.63) is 60.9 Å². The van der Waals surface area contributed by atoms with Gasteiger partial charge in [0.2, 0.25) is 0 Å². The van der Waals surface area contributed by atoms with Gasteiger partial charge >= 0.3 is 0 Å². The van der Waals surface area contributed by atoms with E-state index in [-0.39, 0.29) is 0 Å². The van der Waals surface area contributed by atoms with E-state index >= 15 is 0 Å². The average molecular weight is 262 g/mol. The van der Waals surface area contributed by atoms with Gasteiger partial charge in [0.15, 0.2) is 0 Å². The fraction of sp³-hybridized carbons (Fsp3) is 0. The number of fused-ring (bicyclic) bond motifs is 3. The predicted octanol–water partition coefficient (Wildman–Crippen LogP) is 4.51. The minimum atomic E-state index is 1.05. The van der Waals surface area contributed by atoms with Crippen LogP contribution in [0.4, 0.5) is 0 Å².